The highest BCUT2D eigenvalue weighted by Crippen LogP contribution is 2.21. The Balaban J connectivity index is 1.56. The second kappa shape index (κ2) is 7.77. The number of aryl methyl sites for hydroxylation is 2. The molecule has 1 N–H and O–H groups in total. The Morgan fingerprint density at radius 3 is 3.08 bits per heavy atom. The van der Waals surface area contributed by atoms with E-state index in [0.29, 0.717) is 18.0 Å². The van der Waals surface area contributed by atoms with Crippen LogP contribution < -0.4 is 10.1 Å². The van der Waals surface area contributed by atoms with Crippen LogP contribution in [0.1, 0.15) is 38.8 Å². The standard InChI is InChI=1S/C18H22N2O3S/c1-12-5-3-6-14(9-12)23-11-16-20-13(2)17(24-16)18(21)19-10-15-7-4-8-22-15/h3,5-6,9,15H,4,7-8,10-11H2,1-2H3,(H,19,21). The van der Waals surface area contributed by atoms with Crippen LogP contribution in [0.25, 0.3) is 0 Å². The zero-order valence-electron chi connectivity index (χ0n) is 14.0. The molecule has 1 aromatic carbocycles. The highest BCUT2D eigenvalue weighted by atomic mass is 32.1. The highest BCUT2D eigenvalue weighted by molar-refractivity contribution is 7.13. The smallest absolute Gasteiger partial charge is 0.263 e. The molecule has 2 aromatic rings. The van der Waals surface area contributed by atoms with E-state index in [1.54, 1.807) is 0 Å². The topological polar surface area (TPSA) is 60.5 Å². The minimum absolute atomic E-state index is 0.0812. The van der Waals surface area contributed by atoms with E-state index in [2.05, 4.69) is 10.3 Å². The molecule has 24 heavy (non-hydrogen) atoms. The normalized spacial score (nSPS) is 17.0. The van der Waals surface area contributed by atoms with E-state index in [1.807, 2.05) is 38.1 Å². The molecule has 0 spiro atoms. The van der Waals surface area contributed by atoms with Crippen molar-refractivity contribution in [2.45, 2.75) is 39.4 Å². The van der Waals surface area contributed by atoms with Gasteiger partial charge >= 0.3 is 0 Å². The lowest BCUT2D eigenvalue weighted by molar-refractivity contribution is 0.0860. The van der Waals surface area contributed by atoms with Gasteiger partial charge in [0.15, 0.2) is 0 Å². The van der Waals surface area contributed by atoms with Gasteiger partial charge in [0.2, 0.25) is 0 Å². The third kappa shape index (κ3) is 4.33. The first-order valence-corrected chi connectivity index (χ1v) is 8.99. The first-order chi connectivity index (χ1) is 11.6. The van der Waals surface area contributed by atoms with Crippen LogP contribution in [0.5, 0.6) is 5.75 Å². The number of amides is 1. The Kier molecular flexibility index (Phi) is 5.48. The van der Waals surface area contributed by atoms with Gasteiger partial charge in [-0.1, -0.05) is 12.1 Å². The average Bonchev–Trinajstić information content (AvgIpc) is 3.20. The summed E-state index contributed by atoms with van der Waals surface area (Å²) in [5.74, 6) is 0.731. The number of carbonyl (C=O) groups is 1. The van der Waals surface area contributed by atoms with E-state index in [0.717, 1.165) is 41.5 Å². The lowest BCUT2D eigenvalue weighted by Crippen LogP contribution is -2.31. The number of hydrogen-bond donors (Lipinski definition) is 1. The van der Waals surface area contributed by atoms with E-state index >= 15 is 0 Å². The number of carbonyl (C=O) groups excluding carboxylic acids is 1. The molecule has 6 heteroatoms. The molecule has 1 aromatic heterocycles. The van der Waals surface area contributed by atoms with Gasteiger partial charge in [-0.2, -0.15) is 0 Å². The number of nitrogens with zero attached hydrogens (tertiary/aromatic N) is 1. The third-order valence-corrected chi connectivity index (χ3v) is 5.04. The fourth-order valence-electron chi connectivity index (χ4n) is 2.67. The summed E-state index contributed by atoms with van der Waals surface area (Å²) in [5.41, 5.74) is 1.89. The Labute approximate surface area is 146 Å². The van der Waals surface area contributed by atoms with E-state index in [9.17, 15) is 4.79 Å². The van der Waals surface area contributed by atoms with Gasteiger partial charge in [-0.05, 0) is 44.4 Å². The van der Waals surface area contributed by atoms with Crippen LogP contribution in [0.4, 0.5) is 0 Å². The number of nitrogens with one attached hydrogen (secondary N) is 1. The molecule has 1 saturated heterocycles. The number of benzene rings is 1. The van der Waals surface area contributed by atoms with E-state index in [4.69, 9.17) is 9.47 Å². The van der Waals surface area contributed by atoms with Crippen molar-refractivity contribution in [3.63, 3.8) is 0 Å². The average molecular weight is 346 g/mol. The third-order valence-electron chi connectivity index (χ3n) is 3.91. The van der Waals surface area contributed by atoms with Crippen LogP contribution in [0.15, 0.2) is 24.3 Å². The molecule has 0 saturated carbocycles. The lowest BCUT2D eigenvalue weighted by Gasteiger charge is -2.09. The summed E-state index contributed by atoms with van der Waals surface area (Å²) in [5, 5.41) is 3.74. The van der Waals surface area contributed by atoms with Crippen molar-refractivity contribution in [2.24, 2.45) is 0 Å². The van der Waals surface area contributed by atoms with Crippen molar-refractivity contribution < 1.29 is 14.3 Å². The molecular formula is C18H22N2O3S. The first-order valence-electron chi connectivity index (χ1n) is 8.17. The van der Waals surface area contributed by atoms with Crippen molar-refractivity contribution in [3.8, 4) is 5.75 Å². The van der Waals surface area contributed by atoms with Gasteiger partial charge in [-0.25, -0.2) is 4.98 Å². The van der Waals surface area contributed by atoms with Gasteiger partial charge in [-0.15, -0.1) is 11.3 Å². The van der Waals surface area contributed by atoms with Crippen molar-refractivity contribution >= 4 is 17.2 Å². The number of thiazole rings is 1. The Bertz CT molecular complexity index is 708. The number of ether oxygens (including phenoxy) is 2. The van der Waals surface area contributed by atoms with E-state index in [1.165, 1.54) is 11.3 Å². The summed E-state index contributed by atoms with van der Waals surface area (Å²) in [7, 11) is 0. The first kappa shape index (κ1) is 16.9. The Morgan fingerprint density at radius 2 is 2.33 bits per heavy atom. The van der Waals surface area contributed by atoms with Crippen LogP contribution in [0, 0.1) is 13.8 Å². The van der Waals surface area contributed by atoms with Gasteiger partial charge in [0.05, 0.1) is 11.8 Å². The van der Waals surface area contributed by atoms with Crippen molar-refractivity contribution in [2.75, 3.05) is 13.2 Å². The van der Waals surface area contributed by atoms with Crippen LogP contribution >= 0.6 is 11.3 Å². The Morgan fingerprint density at radius 1 is 1.46 bits per heavy atom. The van der Waals surface area contributed by atoms with Crippen LogP contribution in [-0.2, 0) is 11.3 Å². The fraction of sp³-hybridized carbons (Fsp3) is 0.444. The zero-order valence-corrected chi connectivity index (χ0v) is 14.8. The fourth-order valence-corrected chi connectivity index (χ4v) is 3.56. The molecule has 0 bridgehead atoms. The monoisotopic (exact) mass is 346 g/mol. The van der Waals surface area contributed by atoms with Gasteiger partial charge in [0, 0.05) is 13.2 Å². The Hall–Kier alpha value is -1.92. The number of hydrogen-bond acceptors (Lipinski definition) is 5. The summed E-state index contributed by atoms with van der Waals surface area (Å²) in [6.45, 7) is 5.60. The van der Waals surface area contributed by atoms with Crippen LogP contribution in [0.2, 0.25) is 0 Å². The second-order valence-corrected chi connectivity index (χ2v) is 7.06. The molecule has 1 unspecified atom stereocenters. The molecule has 1 fully saturated rings. The summed E-state index contributed by atoms with van der Waals surface area (Å²) in [6, 6.07) is 7.89. The summed E-state index contributed by atoms with van der Waals surface area (Å²) in [6.07, 6.45) is 2.23. The largest absolute Gasteiger partial charge is 0.486 e. The van der Waals surface area contributed by atoms with Gasteiger partial charge in [0.25, 0.3) is 5.91 Å². The molecule has 1 aliphatic rings. The molecule has 1 atom stereocenters. The zero-order chi connectivity index (χ0) is 16.9. The highest BCUT2D eigenvalue weighted by Gasteiger charge is 2.19. The molecule has 5 nitrogen and oxygen atoms in total. The number of aromatic nitrogens is 1. The minimum Gasteiger partial charge on any atom is -0.486 e. The second-order valence-electron chi connectivity index (χ2n) is 5.97. The maximum Gasteiger partial charge on any atom is 0.263 e. The molecule has 1 aliphatic heterocycles. The molecule has 0 radical (unpaired) electrons. The maximum absolute atomic E-state index is 12.3. The quantitative estimate of drug-likeness (QED) is 0.872. The minimum atomic E-state index is -0.0812. The predicted octanol–water partition coefficient (Wildman–Crippen LogP) is 3.25. The van der Waals surface area contributed by atoms with Crippen LogP contribution in [0.3, 0.4) is 0 Å². The molecular weight excluding hydrogens is 324 g/mol. The molecule has 2 heterocycles. The van der Waals surface area contributed by atoms with Crippen LogP contribution in [-0.4, -0.2) is 30.1 Å². The predicted molar refractivity (Wildman–Crippen MR) is 93.7 cm³/mol. The van der Waals surface area contributed by atoms with Crippen molar-refractivity contribution in [1.29, 1.82) is 0 Å². The summed E-state index contributed by atoms with van der Waals surface area (Å²) < 4.78 is 11.3. The summed E-state index contributed by atoms with van der Waals surface area (Å²) >= 11 is 1.38. The molecule has 128 valence electrons. The van der Waals surface area contributed by atoms with E-state index < -0.39 is 0 Å². The SMILES string of the molecule is Cc1cccc(OCc2nc(C)c(C(=O)NCC3CCCO3)s2)c1. The van der Waals surface area contributed by atoms with Gasteiger partial charge in [-0.3, -0.25) is 4.79 Å². The summed E-state index contributed by atoms with van der Waals surface area (Å²) in [4.78, 5) is 17.4. The molecule has 0 aliphatic carbocycles. The molecule has 3 rings (SSSR count). The van der Waals surface area contributed by atoms with Gasteiger partial charge in [0.1, 0.15) is 22.2 Å². The van der Waals surface area contributed by atoms with E-state index in [-0.39, 0.29) is 12.0 Å². The maximum atomic E-state index is 12.3. The van der Waals surface area contributed by atoms with Crippen molar-refractivity contribution in [3.05, 3.63) is 45.4 Å². The molecule has 1 amide bonds. The lowest BCUT2D eigenvalue weighted by atomic mass is 10.2. The van der Waals surface area contributed by atoms with Gasteiger partial charge < -0.3 is 14.8 Å². The van der Waals surface area contributed by atoms with Crippen molar-refractivity contribution in [1.82, 2.24) is 10.3 Å². The number of rotatable bonds is 6.